The van der Waals surface area contributed by atoms with E-state index in [1.807, 2.05) is 6.08 Å². The Morgan fingerprint density at radius 1 is 0.537 bits per heavy atom. The summed E-state index contributed by atoms with van der Waals surface area (Å²) < 4.78 is 0. The molecule has 0 saturated heterocycles. The van der Waals surface area contributed by atoms with Crippen molar-refractivity contribution in [1.82, 2.24) is 10.6 Å². The molecule has 12 aromatic carbocycles. The summed E-state index contributed by atoms with van der Waals surface area (Å²) in [6.07, 6.45) is 34.8. The van der Waals surface area contributed by atoms with E-state index >= 15 is 0 Å². The minimum Gasteiger partial charge on any atom is -0.384 e. The van der Waals surface area contributed by atoms with Gasteiger partial charge in [0.05, 0.1) is 6.04 Å². The highest BCUT2D eigenvalue weighted by molar-refractivity contribution is 6.46. The highest BCUT2D eigenvalue weighted by Crippen LogP contribution is 2.56. The lowest BCUT2D eigenvalue weighted by Crippen LogP contribution is -2.30. The van der Waals surface area contributed by atoms with Gasteiger partial charge in [-0.1, -0.05) is 214 Å². The van der Waals surface area contributed by atoms with Gasteiger partial charge in [0.25, 0.3) is 0 Å². The summed E-state index contributed by atoms with van der Waals surface area (Å²) in [5, 5.41) is 34.9. The second-order valence-electron chi connectivity index (χ2n) is 22.1. The third-order valence-electron chi connectivity index (χ3n) is 18.0. The summed E-state index contributed by atoms with van der Waals surface area (Å²) in [7, 11) is 0. The summed E-state index contributed by atoms with van der Waals surface area (Å²) in [6, 6.07) is 51.6. The fourth-order valence-corrected chi connectivity index (χ4v) is 14.6. The van der Waals surface area contributed by atoms with E-state index in [1.54, 1.807) is 0 Å². The molecule has 0 fully saturated rings. The third kappa shape index (κ3) is 6.67. The second-order valence-corrected chi connectivity index (χ2v) is 22.1. The van der Waals surface area contributed by atoms with E-state index in [1.165, 1.54) is 175 Å². The number of fused-ring (bicyclic) bond motifs is 13. The van der Waals surface area contributed by atoms with Gasteiger partial charge in [-0.05, 0) is 190 Å². The molecule has 3 nitrogen and oxygen atoms in total. The molecule has 1 aliphatic carbocycles. The van der Waals surface area contributed by atoms with E-state index in [2.05, 4.69) is 255 Å². The fourth-order valence-electron chi connectivity index (χ4n) is 14.6. The Balaban J connectivity index is 1.10. The Morgan fingerprint density at radius 3 is 1.94 bits per heavy atom. The maximum atomic E-state index is 4.04. The van der Waals surface area contributed by atoms with Crippen LogP contribution < -0.4 is 16.0 Å². The molecule has 0 amide bonds. The summed E-state index contributed by atoms with van der Waals surface area (Å²) in [4.78, 5) is 0. The van der Waals surface area contributed by atoms with E-state index in [-0.39, 0.29) is 6.04 Å². The van der Waals surface area contributed by atoms with Crippen molar-refractivity contribution < 1.29 is 0 Å². The molecule has 16 rings (SSSR count). The minimum atomic E-state index is 0.0100. The number of nitrogens with one attached hydrogen (secondary N) is 3. The van der Waals surface area contributed by atoms with Crippen molar-refractivity contribution in [3.8, 4) is 22.3 Å². The van der Waals surface area contributed by atoms with Crippen LogP contribution in [0.15, 0.2) is 236 Å². The van der Waals surface area contributed by atoms with Crippen molar-refractivity contribution in [3.05, 3.63) is 264 Å². The first-order valence-corrected chi connectivity index (χ1v) is 28.5. The molecule has 3 heteroatoms. The van der Waals surface area contributed by atoms with Crippen LogP contribution in [0.5, 0.6) is 0 Å². The van der Waals surface area contributed by atoms with Gasteiger partial charge in [-0.3, -0.25) is 0 Å². The quantitative estimate of drug-likeness (QED) is 0.0996. The Labute approximate surface area is 465 Å². The molecule has 3 aliphatic heterocycles. The van der Waals surface area contributed by atoms with Crippen LogP contribution in [0.1, 0.15) is 41.2 Å². The number of hydrogen-bond acceptors (Lipinski definition) is 3. The lowest BCUT2D eigenvalue weighted by Gasteiger charge is -2.29. The van der Waals surface area contributed by atoms with E-state index in [9.17, 15) is 0 Å². The van der Waals surface area contributed by atoms with Gasteiger partial charge < -0.3 is 16.0 Å². The van der Waals surface area contributed by atoms with Crippen molar-refractivity contribution in [2.45, 2.75) is 32.7 Å². The maximum Gasteiger partial charge on any atom is 0.0768 e. The van der Waals surface area contributed by atoms with Crippen LogP contribution >= 0.6 is 0 Å². The average Bonchev–Trinajstić information content (AvgIpc) is 4.22. The number of hydrogen-bond donors (Lipinski definition) is 3. The van der Waals surface area contributed by atoms with Crippen LogP contribution in [0.25, 0.3) is 137 Å². The van der Waals surface area contributed by atoms with E-state index in [4.69, 9.17) is 0 Å². The van der Waals surface area contributed by atoms with Gasteiger partial charge >= 0.3 is 0 Å². The van der Waals surface area contributed by atoms with Crippen molar-refractivity contribution in [2.75, 3.05) is 18.4 Å². The SMILES string of the molecule is C=C/C=C\C1=C(Cc2c3ccccc3c(-c3cccc4c3NCC=C4)c3c4cccc5c6cc7c8c(C9=CC=CC%10=CC=CNC%109)c9ccccc9c(-c9cccc(/C=C\CC)c9C)c8c8cccc(c6cc(c23)c54)c78)NCC=C1. The summed E-state index contributed by atoms with van der Waals surface area (Å²) in [5.74, 6) is 0. The molecule has 4 aliphatic rings. The van der Waals surface area contributed by atoms with Crippen molar-refractivity contribution in [2.24, 2.45) is 0 Å². The van der Waals surface area contributed by atoms with Gasteiger partial charge in [0.15, 0.2) is 0 Å². The molecule has 380 valence electrons. The van der Waals surface area contributed by atoms with Gasteiger partial charge in [0.1, 0.15) is 0 Å². The van der Waals surface area contributed by atoms with Crippen LogP contribution in [0.3, 0.4) is 0 Å². The Kier molecular flexibility index (Phi) is 10.6. The molecular weight excluding hydrogens is 967 g/mol. The highest BCUT2D eigenvalue weighted by Gasteiger charge is 2.32. The first-order chi connectivity index (χ1) is 39.6. The predicted octanol–water partition coefficient (Wildman–Crippen LogP) is 19.5. The Morgan fingerprint density at radius 2 is 1.16 bits per heavy atom. The topological polar surface area (TPSA) is 36.1 Å². The van der Waals surface area contributed by atoms with Crippen molar-refractivity contribution in [3.63, 3.8) is 0 Å². The van der Waals surface area contributed by atoms with Crippen molar-refractivity contribution >= 4 is 120 Å². The van der Waals surface area contributed by atoms with Crippen molar-refractivity contribution in [1.29, 1.82) is 0 Å². The van der Waals surface area contributed by atoms with Gasteiger partial charge in [0.2, 0.25) is 0 Å². The summed E-state index contributed by atoms with van der Waals surface area (Å²) >= 11 is 0. The zero-order valence-corrected chi connectivity index (χ0v) is 45.0. The van der Waals surface area contributed by atoms with Crippen LogP contribution in [-0.4, -0.2) is 19.1 Å². The fraction of sp³-hybridized carbons (Fsp3) is 0.0909. The van der Waals surface area contributed by atoms with Gasteiger partial charge in [-0.25, -0.2) is 0 Å². The Hall–Kier alpha value is -9.70. The van der Waals surface area contributed by atoms with Gasteiger partial charge in [-0.15, -0.1) is 0 Å². The monoisotopic (exact) mass is 1020 g/mol. The average molecular weight is 1020 g/mol. The molecule has 12 aromatic rings. The van der Waals surface area contributed by atoms with E-state index < -0.39 is 0 Å². The molecule has 80 heavy (non-hydrogen) atoms. The molecule has 3 heterocycles. The van der Waals surface area contributed by atoms with Gasteiger partial charge in [-0.2, -0.15) is 0 Å². The lowest BCUT2D eigenvalue weighted by molar-refractivity contribution is 0.813. The predicted molar refractivity (Wildman–Crippen MR) is 347 cm³/mol. The molecular formula is C77H57N3. The minimum absolute atomic E-state index is 0.0100. The van der Waals surface area contributed by atoms with Crippen LogP contribution in [0.4, 0.5) is 5.69 Å². The first-order valence-electron chi connectivity index (χ1n) is 28.5. The summed E-state index contributed by atoms with van der Waals surface area (Å²) in [5.41, 5.74) is 17.7. The largest absolute Gasteiger partial charge is 0.384 e. The number of allylic oxidation sites excluding steroid dienone is 11. The Bertz CT molecular complexity index is 5000. The van der Waals surface area contributed by atoms with Crippen LogP contribution in [0.2, 0.25) is 0 Å². The third-order valence-corrected chi connectivity index (χ3v) is 18.0. The normalized spacial score (nSPS) is 16.1. The number of rotatable bonds is 9. The molecule has 1 unspecified atom stereocenters. The van der Waals surface area contributed by atoms with Crippen LogP contribution in [-0.2, 0) is 6.42 Å². The number of dihydropyridines is 2. The summed E-state index contributed by atoms with van der Waals surface area (Å²) in [6.45, 7) is 10.2. The smallest absolute Gasteiger partial charge is 0.0768 e. The number of benzene rings is 10. The highest BCUT2D eigenvalue weighted by atomic mass is 14.9. The number of anilines is 1. The molecule has 3 N–H and O–H groups in total. The zero-order valence-electron chi connectivity index (χ0n) is 45.0. The molecule has 0 spiro atoms. The molecule has 0 radical (unpaired) electrons. The van der Waals surface area contributed by atoms with E-state index in [0.29, 0.717) is 0 Å². The molecule has 0 aromatic heterocycles. The van der Waals surface area contributed by atoms with E-state index in [0.717, 1.165) is 25.9 Å². The standard InChI is InChI=1S/C77H57N3/c1-4-6-20-46-22-12-32-50(45(46)3)69-53-30-10-11-31-54(53)71(60-38-14-24-49-27-19-41-80-77(49)60)75-65-43-62-55-33-15-35-57-67(55)64(42-61(62)56-34-16-36-58(68(56)65)74(69)75)72-63(44-66-47(21-7-5-2)25-17-39-78-66)51-28-8-9-29-52(51)70(73(57)72)59-37-13-23-48-26-18-40-79-76(48)59/h5-38,41-43,77-80H,2,4,39-40,44H2,1,3H3/b20-6-,21-7-. The zero-order chi connectivity index (χ0) is 53.2. The molecule has 1 atom stereocenters. The first kappa shape index (κ1) is 46.4. The maximum absolute atomic E-state index is 4.04. The molecule has 0 saturated carbocycles. The van der Waals surface area contributed by atoms with Crippen LogP contribution in [0, 0.1) is 6.92 Å². The molecule has 0 bridgehead atoms. The van der Waals surface area contributed by atoms with Gasteiger partial charge in [0, 0.05) is 42.0 Å². The second kappa shape index (κ2) is 18.2. The lowest BCUT2D eigenvalue weighted by atomic mass is 9.80. The number of para-hydroxylation sites is 1.